The van der Waals surface area contributed by atoms with Crippen molar-refractivity contribution in [3.63, 3.8) is 0 Å². The summed E-state index contributed by atoms with van der Waals surface area (Å²) in [6.45, 7) is 1.46. The molecule has 154 valence electrons. The van der Waals surface area contributed by atoms with Gasteiger partial charge in [-0.1, -0.05) is 6.92 Å². The maximum atomic E-state index is 12.3. The maximum absolute atomic E-state index is 12.3. The Labute approximate surface area is 165 Å². The number of carboxylic acids is 1. The minimum Gasteiger partial charge on any atom is -0.507 e. The predicted octanol–water partition coefficient (Wildman–Crippen LogP) is 0.0662. The number of carbonyl (C=O) groups is 3. The summed E-state index contributed by atoms with van der Waals surface area (Å²) >= 11 is 0. The summed E-state index contributed by atoms with van der Waals surface area (Å²) in [6.07, 6.45) is 3.36. The SMILES string of the molecule is CC[C@@H](C=O)NC(=O)c1cnc(CNS(=O)(=O)c2ccc(O)c(C(=O)O)c2)cn1. The van der Waals surface area contributed by atoms with Gasteiger partial charge in [0, 0.05) is 0 Å². The third-order valence-corrected chi connectivity index (χ3v) is 5.21. The molecular weight excluding hydrogens is 404 g/mol. The summed E-state index contributed by atoms with van der Waals surface area (Å²) < 4.78 is 26.9. The Balaban J connectivity index is 2.07. The molecule has 1 aromatic heterocycles. The van der Waals surface area contributed by atoms with E-state index in [0.29, 0.717) is 12.7 Å². The number of aromatic nitrogens is 2. The van der Waals surface area contributed by atoms with Crippen LogP contribution in [-0.2, 0) is 21.4 Å². The minimum absolute atomic E-state index is 0.0402. The molecule has 1 heterocycles. The molecular formula is C17H18N4O7S. The number of aromatic hydroxyl groups is 1. The van der Waals surface area contributed by atoms with Crippen LogP contribution < -0.4 is 10.0 Å². The summed E-state index contributed by atoms with van der Waals surface area (Å²) in [5.41, 5.74) is -0.393. The Morgan fingerprint density at radius 3 is 2.52 bits per heavy atom. The van der Waals surface area contributed by atoms with Crippen molar-refractivity contribution in [1.29, 1.82) is 0 Å². The number of nitrogens with one attached hydrogen (secondary N) is 2. The molecule has 1 atom stereocenters. The molecule has 12 heteroatoms. The number of aldehydes is 1. The van der Waals surface area contributed by atoms with Gasteiger partial charge < -0.3 is 20.3 Å². The van der Waals surface area contributed by atoms with Crippen LogP contribution in [0.3, 0.4) is 0 Å². The smallest absolute Gasteiger partial charge is 0.339 e. The number of nitrogens with zero attached hydrogens (tertiary/aromatic N) is 2. The summed E-state index contributed by atoms with van der Waals surface area (Å²) in [4.78, 5) is 41.2. The number of aromatic carboxylic acids is 1. The largest absolute Gasteiger partial charge is 0.507 e. The number of carbonyl (C=O) groups excluding carboxylic acids is 2. The summed E-state index contributed by atoms with van der Waals surface area (Å²) in [5, 5.41) is 20.9. The van der Waals surface area contributed by atoms with E-state index in [9.17, 15) is 27.9 Å². The first-order chi connectivity index (χ1) is 13.7. The number of amides is 1. The third-order valence-electron chi connectivity index (χ3n) is 3.81. The fourth-order valence-electron chi connectivity index (χ4n) is 2.14. The monoisotopic (exact) mass is 422 g/mol. The lowest BCUT2D eigenvalue weighted by Gasteiger charge is -2.10. The molecule has 0 radical (unpaired) electrons. The standard InChI is InChI=1S/C17H18N4O7S/c1-2-10(9-22)21-16(24)14-8-18-11(6-19-14)7-20-29(27,28)12-3-4-15(23)13(5-12)17(25)26/h3-6,8-10,20,23H,2,7H2,1H3,(H,21,24)(H,25,26)/t10-/m0/s1. The maximum Gasteiger partial charge on any atom is 0.339 e. The summed E-state index contributed by atoms with van der Waals surface area (Å²) in [5.74, 6) is -2.62. The second kappa shape index (κ2) is 9.21. The number of benzene rings is 1. The van der Waals surface area contributed by atoms with Gasteiger partial charge in [-0.05, 0) is 24.6 Å². The van der Waals surface area contributed by atoms with Crippen molar-refractivity contribution in [3.8, 4) is 5.75 Å². The quantitative estimate of drug-likeness (QED) is 0.407. The highest BCUT2D eigenvalue weighted by Crippen LogP contribution is 2.21. The van der Waals surface area contributed by atoms with Crippen molar-refractivity contribution >= 4 is 28.2 Å². The van der Waals surface area contributed by atoms with E-state index in [4.69, 9.17) is 5.11 Å². The molecule has 0 spiro atoms. The van der Waals surface area contributed by atoms with Gasteiger partial charge in [0.05, 0.1) is 35.6 Å². The fourth-order valence-corrected chi connectivity index (χ4v) is 3.17. The van der Waals surface area contributed by atoms with E-state index >= 15 is 0 Å². The Kier molecular flexibility index (Phi) is 6.96. The van der Waals surface area contributed by atoms with Crippen molar-refractivity contribution in [3.05, 3.63) is 47.5 Å². The zero-order valence-corrected chi connectivity index (χ0v) is 16.0. The normalized spacial score (nSPS) is 12.2. The molecule has 29 heavy (non-hydrogen) atoms. The molecule has 0 saturated carbocycles. The van der Waals surface area contributed by atoms with Crippen molar-refractivity contribution < 1.29 is 33.0 Å². The fraction of sp³-hybridized carbons (Fsp3) is 0.235. The van der Waals surface area contributed by atoms with Crippen molar-refractivity contribution in [2.45, 2.75) is 30.8 Å². The highest BCUT2D eigenvalue weighted by Gasteiger charge is 2.19. The molecule has 0 aliphatic heterocycles. The Morgan fingerprint density at radius 1 is 1.24 bits per heavy atom. The van der Waals surface area contributed by atoms with Gasteiger partial charge in [-0.25, -0.2) is 22.9 Å². The van der Waals surface area contributed by atoms with Gasteiger partial charge in [-0.15, -0.1) is 0 Å². The Bertz CT molecular complexity index is 1020. The van der Waals surface area contributed by atoms with E-state index in [1.807, 2.05) is 0 Å². The van der Waals surface area contributed by atoms with Gasteiger partial charge >= 0.3 is 5.97 Å². The van der Waals surface area contributed by atoms with Crippen LogP contribution in [0.2, 0.25) is 0 Å². The Hall–Kier alpha value is -3.38. The molecule has 0 aliphatic rings. The van der Waals surface area contributed by atoms with Crippen LogP contribution in [0, 0.1) is 0 Å². The highest BCUT2D eigenvalue weighted by atomic mass is 32.2. The molecule has 2 rings (SSSR count). The van der Waals surface area contributed by atoms with E-state index < -0.39 is 39.3 Å². The van der Waals surface area contributed by atoms with E-state index in [-0.39, 0.29) is 22.8 Å². The van der Waals surface area contributed by atoms with Crippen LogP contribution in [0.4, 0.5) is 0 Å². The van der Waals surface area contributed by atoms with Gasteiger partial charge in [-0.2, -0.15) is 0 Å². The molecule has 11 nitrogen and oxygen atoms in total. The van der Waals surface area contributed by atoms with Crippen LogP contribution in [0.15, 0.2) is 35.5 Å². The molecule has 1 amide bonds. The zero-order valence-electron chi connectivity index (χ0n) is 15.2. The van der Waals surface area contributed by atoms with Crippen molar-refractivity contribution in [1.82, 2.24) is 20.0 Å². The molecule has 0 saturated heterocycles. The lowest BCUT2D eigenvalue weighted by Crippen LogP contribution is -2.36. The van der Waals surface area contributed by atoms with E-state index in [1.165, 1.54) is 6.20 Å². The molecule has 0 unspecified atom stereocenters. The molecule has 4 N–H and O–H groups in total. The van der Waals surface area contributed by atoms with Crippen LogP contribution >= 0.6 is 0 Å². The number of sulfonamides is 1. The van der Waals surface area contributed by atoms with E-state index in [1.54, 1.807) is 6.92 Å². The third kappa shape index (κ3) is 5.56. The van der Waals surface area contributed by atoms with Crippen LogP contribution in [0.25, 0.3) is 0 Å². The number of hydrogen-bond acceptors (Lipinski definition) is 8. The van der Waals surface area contributed by atoms with Crippen LogP contribution in [0.1, 0.15) is 39.9 Å². The molecule has 1 aromatic carbocycles. The number of hydrogen-bond donors (Lipinski definition) is 4. The summed E-state index contributed by atoms with van der Waals surface area (Å²) in [6, 6.07) is 2.21. The van der Waals surface area contributed by atoms with E-state index in [2.05, 4.69) is 20.0 Å². The predicted molar refractivity (Wildman–Crippen MR) is 98.7 cm³/mol. The summed E-state index contributed by atoms with van der Waals surface area (Å²) in [7, 11) is -4.09. The van der Waals surface area contributed by atoms with Gasteiger partial charge in [0.25, 0.3) is 5.91 Å². The van der Waals surface area contributed by atoms with Gasteiger partial charge in [0.15, 0.2) is 0 Å². The Morgan fingerprint density at radius 2 is 1.97 bits per heavy atom. The van der Waals surface area contributed by atoms with Crippen molar-refractivity contribution in [2.24, 2.45) is 0 Å². The second-order valence-electron chi connectivity index (χ2n) is 5.83. The molecule has 2 aromatic rings. The lowest BCUT2D eigenvalue weighted by molar-refractivity contribution is -0.109. The van der Waals surface area contributed by atoms with Crippen LogP contribution in [-0.4, -0.2) is 52.8 Å². The minimum atomic E-state index is -4.09. The highest BCUT2D eigenvalue weighted by molar-refractivity contribution is 7.89. The molecule has 0 bridgehead atoms. The number of carboxylic acid groups (broad SMARTS) is 1. The first-order valence-electron chi connectivity index (χ1n) is 8.31. The topological polar surface area (TPSA) is 176 Å². The van der Waals surface area contributed by atoms with Gasteiger partial charge in [0.2, 0.25) is 10.0 Å². The van der Waals surface area contributed by atoms with E-state index in [0.717, 1.165) is 24.4 Å². The van der Waals surface area contributed by atoms with Crippen molar-refractivity contribution in [2.75, 3.05) is 0 Å². The van der Waals surface area contributed by atoms with Crippen LogP contribution in [0.5, 0.6) is 5.75 Å². The van der Waals surface area contributed by atoms with Gasteiger partial charge in [-0.3, -0.25) is 9.78 Å². The number of phenols is 1. The first kappa shape index (κ1) is 21.9. The second-order valence-corrected chi connectivity index (χ2v) is 7.59. The average Bonchev–Trinajstić information content (AvgIpc) is 2.70. The first-order valence-corrected chi connectivity index (χ1v) is 9.79. The molecule has 0 fully saturated rings. The lowest BCUT2D eigenvalue weighted by atomic mass is 10.2. The number of rotatable bonds is 9. The van der Waals surface area contributed by atoms with Gasteiger partial charge in [0.1, 0.15) is 23.3 Å². The zero-order chi connectivity index (χ0) is 21.6. The molecule has 0 aliphatic carbocycles. The average molecular weight is 422 g/mol.